The fraction of sp³-hybridized carbons (Fsp3) is 0.450. The van der Waals surface area contributed by atoms with Crippen LogP contribution in [0, 0.1) is 5.82 Å². The van der Waals surface area contributed by atoms with Crippen molar-refractivity contribution in [3.8, 4) is 0 Å². The van der Waals surface area contributed by atoms with E-state index in [1.165, 1.54) is 6.20 Å². The van der Waals surface area contributed by atoms with Crippen LogP contribution in [-0.2, 0) is 6.54 Å². The van der Waals surface area contributed by atoms with E-state index in [0.29, 0.717) is 56.4 Å². The first-order valence-electron chi connectivity index (χ1n) is 10.6. The number of carbonyl (C=O) groups is 1. The van der Waals surface area contributed by atoms with Gasteiger partial charge < -0.3 is 25.0 Å². The van der Waals surface area contributed by atoms with Gasteiger partial charge in [0.15, 0.2) is 0 Å². The second kappa shape index (κ2) is 9.50. The van der Waals surface area contributed by atoms with E-state index in [-0.39, 0.29) is 17.5 Å². The Hall–Kier alpha value is -3.58. The minimum absolute atomic E-state index is 0.0499. The normalized spacial score (nSPS) is 15.7. The van der Waals surface area contributed by atoms with Crippen LogP contribution in [-0.4, -0.2) is 91.6 Å². The third kappa shape index (κ3) is 4.78. The smallest absolute Gasteiger partial charge is 0.341 e. The Morgan fingerprint density at radius 2 is 2.06 bits per heavy atom. The predicted octanol–water partition coefficient (Wildman–Crippen LogP) is -0.0332. The largest absolute Gasteiger partial charge is 0.477 e. The Kier molecular flexibility index (Phi) is 6.51. The van der Waals surface area contributed by atoms with Gasteiger partial charge in [0.1, 0.15) is 11.4 Å². The summed E-state index contributed by atoms with van der Waals surface area (Å²) in [4.78, 5) is 27.9. The molecule has 4 rings (SSSR count). The number of pyridine rings is 1. The summed E-state index contributed by atoms with van der Waals surface area (Å²) >= 11 is 0. The first-order valence-corrected chi connectivity index (χ1v) is 10.6. The Morgan fingerprint density at radius 3 is 2.70 bits per heavy atom. The molecule has 1 aromatic carbocycles. The molecule has 0 radical (unpaired) electrons. The molecule has 0 amide bonds. The van der Waals surface area contributed by atoms with Crippen molar-refractivity contribution in [2.24, 2.45) is 0 Å². The quantitative estimate of drug-likeness (QED) is 0.360. The highest BCUT2D eigenvalue weighted by Crippen LogP contribution is 2.26. The molecule has 0 spiro atoms. The van der Waals surface area contributed by atoms with Crippen molar-refractivity contribution in [1.82, 2.24) is 30.1 Å². The van der Waals surface area contributed by atoms with Crippen molar-refractivity contribution in [1.29, 1.82) is 0 Å². The number of aryl methyl sites for hydroxylation is 1. The van der Waals surface area contributed by atoms with Gasteiger partial charge in [0.2, 0.25) is 5.43 Å². The van der Waals surface area contributed by atoms with Gasteiger partial charge in [-0.15, -0.1) is 5.10 Å². The molecule has 1 aliphatic rings. The number of benzene rings is 1. The zero-order chi connectivity index (χ0) is 23.5. The van der Waals surface area contributed by atoms with E-state index < -0.39 is 23.3 Å². The van der Waals surface area contributed by atoms with Gasteiger partial charge in [0.05, 0.1) is 17.3 Å². The number of aromatic amines is 1. The Bertz CT molecular complexity index is 1190. The van der Waals surface area contributed by atoms with E-state index in [9.17, 15) is 24.2 Å². The Balaban J connectivity index is 1.45. The second-order valence-corrected chi connectivity index (χ2v) is 7.84. The van der Waals surface area contributed by atoms with E-state index >= 15 is 0 Å². The number of aliphatic hydroxyl groups excluding tert-OH is 1. The molecule has 0 bridgehead atoms. The van der Waals surface area contributed by atoms with Crippen molar-refractivity contribution in [3.05, 3.63) is 39.9 Å². The fourth-order valence-electron chi connectivity index (χ4n) is 4.04. The molecule has 3 heterocycles. The number of anilines is 2. The van der Waals surface area contributed by atoms with Gasteiger partial charge in [-0.2, -0.15) is 5.21 Å². The minimum atomic E-state index is -1.33. The van der Waals surface area contributed by atoms with Crippen molar-refractivity contribution < 1.29 is 19.4 Å². The molecule has 33 heavy (non-hydrogen) atoms. The van der Waals surface area contributed by atoms with Gasteiger partial charge in [0, 0.05) is 57.4 Å². The molecule has 1 saturated heterocycles. The number of nitrogens with zero attached hydrogens (tertiary/aromatic N) is 6. The topological polar surface area (TPSA) is 152 Å². The highest BCUT2D eigenvalue weighted by molar-refractivity contribution is 5.93. The lowest BCUT2D eigenvalue weighted by molar-refractivity contribution is 0.0694. The molecule has 4 N–H and O–H groups in total. The van der Waals surface area contributed by atoms with E-state index in [1.807, 2.05) is 11.8 Å². The molecular weight excluding hydrogens is 435 g/mol. The van der Waals surface area contributed by atoms with Gasteiger partial charge in [-0.25, -0.2) is 9.18 Å². The standard InChI is InChI=1S/C20H25FN8O4/c1-2-28-11-14(19(32)33)18(31)13-7-15(21)17(8-16(13)28)29-5-3-27(4-6-29)10-12(30)9-22-20-23-25-26-24-20/h7-8,11-12,30H,2-6,9-10H2,1H3,(H,32,33)(H2,22,23,24,25,26). The first-order chi connectivity index (χ1) is 15.9. The molecule has 3 aromatic rings. The maximum atomic E-state index is 15.0. The molecule has 0 saturated carbocycles. The van der Waals surface area contributed by atoms with Crippen LogP contribution >= 0.6 is 0 Å². The SMILES string of the molecule is CCn1cc(C(=O)O)c(=O)c2cc(F)c(N3CCN(CC(O)CNc4nn[nH]n4)CC3)cc21. The van der Waals surface area contributed by atoms with Gasteiger partial charge >= 0.3 is 5.97 Å². The number of carboxylic acids is 1. The molecule has 1 aliphatic heterocycles. The van der Waals surface area contributed by atoms with Crippen LogP contribution in [0.3, 0.4) is 0 Å². The molecular formula is C20H25FN8O4. The molecule has 12 nitrogen and oxygen atoms in total. The van der Waals surface area contributed by atoms with Crippen LogP contribution in [0.25, 0.3) is 10.9 Å². The molecule has 13 heteroatoms. The van der Waals surface area contributed by atoms with Crippen molar-refractivity contribution in [2.45, 2.75) is 19.6 Å². The summed E-state index contributed by atoms with van der Waals surface area (Å²) in [5.74, 6) is -1.59. The summed E-state index contributed by atoms with van der Waals surface area (Å²) in [6.07, 6.45) is 0.659. The van der Waals surface area contributed by atoms with E-state index in [1.54, 1.807) is 10.6 Å². The summed E-state index contributed by atoms with van der Waals surface area (Å²) in [6, 6.07) is 2.74. The molecule has 2 aromatic heterocycles. The zero-order valence-electron chi connectivity index (χ0n) is 18.0. The van der Waals surface area contributed by atoms with E-state index in [4.69, 9.17) is 0 Å². The number of piperazine rings is 1. The average Bonchev–Trinajstić information content (AvgIpc) is 3.32. The molecule has 176 valence electrons. The number of tetrazole rings is 1. The maximum Gasteiger partial charge on any atom is 0.341 e. The monoisotopic (exact) mass is 460 g/mol. The minimum Gasteiger partial charge on any atom is -0.477 e. The third-order valence-electron chi connectivity index (χ3n) is 5.74. The van der Waals surface area contributed by atoms with Gasteiger partial charge in [-0.3, -0.25) is 9.69 Å². The van der Waals surface area contributed by atoms with Gasteiger partial charge in [-0.05, 0) is 24.3 Å². The summed E-state index contributed by atoms with van der Waals surface area (Å²) in [6.45, 7) is 5.29. The fourth-order valence-corrected chi connectivity index (χ4v) is 4.04. The number of halogens is 1. The Morgan fingerprint density at radius 1 is 1.30 bits per heavy atom. The number of aliphatic hydroxyl groups is 1. The third-order valence-corrected chi connectivity index (χ3v) is 5.74. The Labute approximate surface area is 187 Å². The number of nitrogens with one attached hydrogen (secondary N) is 2. The van der Waals surface area contributed by atoms with Gasteiger partial charge in [-0.1, -0.05) is 5.10 Å². The van der Waals surface area contributed by atoms with Crippen LogP contribution in [0.15, 0.2) is 23.1 Å². The zero-order valence-corrected chi connectivity index (χ0v) is 18.0. The van der Waals surface area contributed by atoms with Crippen LogP contribution in [0.1, 0.15) is 17.3 Å². The van der Waals surface area contributed by atoms with Gasteiger partial charge in [0.25, 0.3) is 5.95 Å². The lowest BCUT2D eigenvalue weighted by Gasteiger charge is -2.37. The van der Waals surface area contributed by atoms with Crippen LogP contribution in [0.5, 0.6) is 0 Å². The summed E-state index contributed by atoms with van der Waals surface area (Å²) in [7, 11) is 0. The highest BCUT2D eigenvalue weighted by Gasteiger charge is 2.23. The number of aromatic nitrogens is 5. The number of rotatable bonds is 8. The van der Waals surface area contributed by atoms with E-state index in [2.05, 4.69) is 30.8 Å². The lowest BCUT2D eigenvalue weighted by atomic mass is 10.1. The number of H-pyrrole nitrogens is 1. The van der Waals surface area contributed by atoms with Crippen molar-refractivity contribution in [3.63, 3.8) is 0 Å². The van der Waals surface area contributed by atoms with Crippen LogP contribution in [0.4, 0.5) is 16.0 Å². The highest BCUT2D eigenvalue weighted by atomic mass is 19.1. The van der Waals surface area contributed by atoms with Crippen molar-refractivity contribution in [2.75, 3.05) is 49.5 Å². The lowest BCUT2D eigenvalue weighted by Crippen LogP contribution is -2.49. The number of carboxylic acid groups (broad SMARTS) is 1. The molecule has 1 fully saturated rings. The summed E-state index contributed by atoms with van der Waals surface area (Å²) in [5, 5.41) is 35.8. The molecule has 1 unspecified atom stereocenters. The number of hydrogen-bond donors (Lipinski definition) is 4. The number of hydrogen-bond acceptors (Lipinski definition) is 9. The molecule has 1 atom stereocenters. The maximum absolute atomic E-state index is 15.0. The average molecular weight is 460 g/mol. The number of aromatic carboxylic acids is 1. The predicted molar refractivity (Wildman–Crippen MR) is 118 cm³/mol. The number of β-amino-alcohol motifs (C(OH)–C–C–N with tert-alkyl or cyclic N) is 1. The summed E-state index contributed by atoms with van der Waals surface area (Å²) < 4.78 is 16.6. The van der Waals surface area contributed by atoms with Crippen molar-refractivity contribution >= 4 is 28.5 Å². The second-order valence-electron chi connectivity index (χ2n) is 7.84. The van der Waals surface area contributed by atoms with Crippen LogP contribution in [0.2, 0.25) is 0 Å². The molecule has 0 aliphatic carbocycles. The summed E-state index contributed by atoms with van der Waals surface area (Å²) in [5.41, 5.74) is -0.209. The first kappa shape index (κ1) is 22.6. The van der Waals surface area contributed by atoms with Crippen LogP contribution < -0.4 is 15.6 Å². The number of fused-ring (bicyclic) bond motifs is 1. The van der Waals surface area contributed by atoms with E-state index in [0.717, 1.165) is 6.07 Å².